The Morgan fingerprint density at radius 3 is 1.34 bits per heavy atom. The number of carbonyl (C=O) groups excluding carboxylic acids is 1. The van der Waals surface area contributed by atoms with Gasteiger partial charge < -0.3 is 36.4 Å². The summed E-state index contributed by atoms with van der Waals surface area (Å²) in [6.07, 6.45) is 1.57. The minimum absolute atomic E-state index is 0. The Kier molecular flexibility index (Phi) is 19.9. The van der Waals surface area contributed by atoms with Gasteiger partial charge in [-0.05, 0) is 65.3 Å². The van der Waals surface area contributed by atoms with Crippen LogP contribution in [0.4, 0.5) is 0 Å². The maximum absolute atomic E-state index is 13.5. The number of esters is 1. The van der Waals surface area contributed by atoms with E-state index in [1.165, 1.54) is 0 Å². The third kappa shape index (κ3) is 10.5. The van der Waals surface area contributed by atoms with Crippen molar-refractivity contribution in [3.63, 3.8) is 0 Å². The summed E-state index contributed by atoms with van der Waals surface area (Å²) in [5.74, 6) is -2.10. The van der Waals surface area contributed by atoms with E-state index in [0.29, 0.717) is 32.7 Å². The molecule has 13 heteroatoms. The van der Waals surface area contributed by atoms with Crippen LogP contribution in [0, 0.1) is 0 Å². The highest BCUT2D eigenvalue weighted by Gasteiger charge is 2.55. The number of rotatable bonds is 20. The molecule has 0 saturated heterocycles. The fourth-order valence-electron chi connectivity index (χ4n) is 3.74. The third-order valence-corrected chi connectivity index (χ3v) is 11.8. The van der Waals surface area contributed by atoms with Crippen LogP contribution in [0.1, 0.15) is 68.2 Å². The summed E-state index contributed by atoms with van der Waals surface area (Å²) in [7, 11) is -6.90. The molecule has 0 aliphatic heterocycles. The van der Waals surface area contributed by atoms with Crippen LogP contribution < -0.4 is 0 Å². The number of ether oxygens (including phenoxy) is 1. The highest BCUT2D eigenvalue weighted by atomic mass is 28.4. The summed E-state index contributed by atoms with van der Waals surface area (Å²) < 4.78 is 41.5. The lowest BCUT2D eigenvalue weighted by Gasteiger charge is -2.37. The van der Waals surface area contributed by atoms with Crippen LogP contribution in [-0.2, 0) is 40.9 Å². The van der Waals surface area contributed by atoms with E-state index >= 15 is 0 Å². The van der Waals surface area contributed by atoms with Crippen molar-refractivity contribution in [3.8, 4) is 0 Å². The molecule has 0 amide bonds. The number of hydrogen-bond donors (Lipinski definition) is 1. The SMILES string of the molecule is CCO[Si](OCC)(OCC)C(CC)OC(=O)C(=CC(=O)O)C(CC)[Si](OCC)(OCC)OCC.[SiH4]. The minimum atomic E-state index is -3.49. The molecule has 208 valence electrons. The van der Waals surface area contributed by atoms with E-state index in [4.69, 9.17) is 31.3 Å². The number of carboxylic acid groups (broad SMARTS) is 1. The van der Waals surface area contributed by atoms with Crippen LogP contribution in [-0.4, -0.2) is 91.0 Å². The van der Waals surface area contributed by atoms with Gasteiger partial charge in [0, 0.05) is 45.7 Å². The van der Waals surface area contributed by atoms with Crippen molar-refractivity contribution in [2.24, 2.45) is 0 Å². The van der Waals surface area contributed by atoms with Gasteiger partial charge in [-0.15, -0.1) is 0 Å². The first-order valence-electron chi connectivity index (χ1n) is 12.2. The molecule has 10 nitrogen and oxygen atoms in total. The van der Waals surface area contributed by atoms with E-state index in [2.05, 4.69) is 0 Å². The van der Waals surface area contributed by atoms with E-state index in [1.54, 1.807) is 20.8 Å². The van der Waals surface area contributed by atoms with E-state index in [0.717, 1.165) is 6.08 Å². The number of carbonyl (C=O) groups is 2. The van der Waals surface area contributed by atoms with Crippen molar-refractivity contribution < 1.29 is 46.0 Å². The number of carboxylic acids is 1. The Balaban J connectivity index is 0. The predicted molar refractivity (Wildman–Crippen MR) is 143 cm³/mol. The zero-order chi connectivity index (χ0) is 26.2. The summed E-state index contributed by atoms with van der Waals surface area (Å²) >= 11 is 0. The molecule has 0 aliphatic carbocycles. The van der Waals surface area contributed by atoms with Gasteiger partial charge in [0.1, 0.15) is 0 Å². The standard InChI is InChI=1S/C22H44O10Si2.H4Si/c1-9-19(33(26-11-3,27-12-4)28-13-5)18(17-20(23)24)22(25)32-21(10-2)34(29-14-6,30-15-7)31-16-8;/h17,19,21H,9-16H2,1-8H3,(H,23,24);1H4. The third-order valence-electron chi connectivity index (χ3n) is 4.81. The molecule has 0 saturated carbocycles. The first kappa shape index (κ1) is 36.2. The second kappa shape index (κ2) is 19.2. The molecule has 0 bridgehead atoms. The van der Waals surface area contributed by atoms with Crippen LogP contribution >= 0.6 is 0 Å². The minimum Gasteiger partial charge on any atom is -0.478 e. The van der Waals surface area contributed by atoms with Gasteiger partial charge in [-0.25, -0.2) is 9.59 Å². The molecule has 2 atom stereocenters. The quantitative estimate of drug-likeness (QED) is 0.136. The fraction of sp³-hybridized carbons (Fsp3) is 0.818. The highest BCUT2D eigenvalue weighted by Crippen LogP contribution is 2.37. The van der Waals surface area contributed by atoms with E-state index < -0.39 is 40.8 Å². The fourth-order valence-corrected chi connectivity index (χ4v) is 9.64. The van der Waals surface area contributed by atoms with Crippen molar-refractivity contribution in [3.05, 3.63) is 11.6 Å². The Morgan fingerprint density at radius 1 is 0.686 bits per heavy atom. The van der Waals surface area contributed by atoms with Crippen LogP contribution in [0.3, 0.4) is 0 Å². The molecule has 0 aromatic rings. The van der Waals surface area contributed by atoms with E-state index in [-0.39, 0.29) is 36.4 Å². The molecular weight excluding hydrogens is 508 g/mol. The molecule has 0 spiro atoms. The smallest absolute Gasteiger partial charge is 0.478 e. The number of hydrogen-bond acceptors (Lipinski definition) is 9. The molecule has 0 aliphatic rings. The van der Waals surface area contributed by atoms with Gasteiger partial charge in [0.25, 0.3) is 0 Å². The lowest BCUT2D eigenvalue weighted by Crippen LogP contribution is -2.58. The summed E-state index contributed by atoms with van der Waals surface area (Å²) in [5, 5.41) is 9.58. The molecule has 0 rings (SSSR count). The molecule has 0 radical (unpaired) electrons. The lowest BCUT2D eigenvalue weighted by atomic mass is 10.1. The Labute approximate surface area is 217 Å². The zero-order valence-electron chi connectivity index (χ0n) is 22.0. The highest BCUT2D eigenvalue weighted by molar-refractivity contribution is 6.64. The first-order valence-corrected chi connectivity index (χ1v) is 15.8. The van der Waals surface area contributed by atoms with Crippen LogP contribution in [0.15, 0.2) is 11.6 Å². The summed E-state index contributed by atoms with van der Waals surface area (Å²) in [6.45, 7) is 16.2. The average molecular weight is 557 g/mol. The van der Waals surface area contributed by atoms with Gasteiger partial charge in [-0.3, -0.25) is 0 Å². The van der Waals surface area contributed by atoms with Crippen molar-refractivity contribution in [2.45, 2.75) is 79.5 Å². The Hall–Kier alpha value is -0.909. The molecule has 0 aromatic heterocycles. The summed E-state index contributed by atoms with van der Waals surface area (Å²) in [5.41, 5.74) is -1.64. The van der Waals surface area contributed by atoms with Crippen molar-refractivity contribution in [1.29, 1.82) is 0 Å². The first-order chi connectivity index (χ1) is 16.2. The average Bonchev–Trinajstić information content (AvgIpc) is 2.77. The maximum atomic E-state index is 13.5. The van der Waals surface area contributed by atoms with Crippen LogP contribution in [0.25, 0.3) is 0 Å². The summed E-state index contributed by atoms with van der Waals surface area (Å²) in [4.78, 5) is 25.3. The largest absolute Gasteiger partial charge is 0.544 e. The van der Waals surface area contributed by atoms with Crippen LogP contribution in [0.5, 0.6) is 0 Å². The number of aliphatic carboxylic acids is 1. The van der Waals surface area contributed by atoms with Crippen molar-refractivity contribution in [2.75, 3.05) is 39.6 Å². The van der Waals surface area contributed by atoms with Crippen molar-refractivity contribution in [1.82, 2.24) is 0 Å². The normalized spacial score (nSPS) is 14.2. The lowest BCUT2D eigenvalue weighted by molar-refractivity contribution is -0.145. The van der Waals surface area contributed by atoms with Gasteiger partial charge in [-0.1, -0.05) is 13.8 Å². The molecule has 35 heavy (non-hydrogen) atoms. The van der Waals surface area contributed by atoms with E-state index in [9.17, 15) is 14.7 Å². The molecule has 1 N–H and O–H groups in total. The zero-order valence-corrected chi connectivity index (χ0v) is 24.0. The van der Waals surface area contributed by atoms with Gasteiger partial charge in [0.15, 0.2) is 5.73 Å². The maximum Gasteiger partial charge on any atom is 0.544 e. The summed E-state index contributed by atoms with van der Waals surface area (Å²) in [6, 6.07) is 0. The second-order valence-corrected chi connectivity index (χ2v) is 12.5. The Bertz CT molecular complexity index is 599. The molecule has 0 aromatic carbocycles. The molecule has 2 unspecified atom stereocenters. The predicted octanol–water partition coefficient (Wildman–Crippen LogP) is 2.28. The van der Waals surface area contributed by atoms with Crippen molar-refractivity contribution >= 4 is 40.5 Å². The van der Waals surface area contributed by atoms with Gasteiger partial charge in [0.2, 0.25) is 0 Å². The molecular formula is C22H48O10Si3. The molecule has 0 heterocycles. The van der Waals surface area contributed by atoms with Gasteiger partial charge >= 0.3 is 29.5 Å². The topological polar surface area (TPSA) is 119 Å². The van der Waals surface area contributed by atoms with Gasteiger partial charge in [-0.2, -0.15) is 0 Å². The molecule has 0 fully saturated rings. The van der Waals surface area contributed by atoms with Crippen LogP contribution in [0.2, 0.25) is 5.54 Å². The Morgan fingerprint density at radius 2 is 1.06 bits per heavy atom. The van der Waals surface area contributed by atoms with Gasteiger partial charge in [0.05, 0.1) is 11.1 Å². The second-order valence-electron chi connectivity index (χ2n) is 7.01. The van der Waals surface area contributed by atoms with E-state index in [1.807, 2.05) is 34.6 Å². The monoisotopic (exact) mass is 556 g/mol.